The van der Waals surface area contributed by atoms with Crippen LogP contribution in [0.25, 0.3) is 0 Å². The van der Waals surface area contributed by atoms with Gasteiger partial charge in [0.25, 0.3) is 5.56 Å². The van der Waals surface area contributed by atoms with Crippen molar-refractivity contribution in [2.45, 2.75) is 47.1 Å². The zero-order chi connectivity index (χ0) is 23.1. The molecule has 1 aliphatic rings. The Balaban J connectivity index is 1.59. The van der Waals surface area contributed by atoms with E-state index in [0.29, 0.717) is 12.3 Å². The second kappa shape index (κ2) is 11.0. The summed E-state index contributed by atoms with van der Waals surface area (Å²) in [6, 6.07) is 3.92. The summed E-state index contributed by atoms with van der Waals surface area (Å²) in [5, 5.41) is 3.11. The fourth-order valence-electron chi connectivity index (χ4n) is 3.25. The Hall–Kier alpha value is -2.30. The number of nitrogens with one attached hydrogen (secondary N) is 2. The molecule has 0 saturated heterocycles. The van der Waals surface area contributed by atoms with E-state index in [9.17, 15) is 18.0 Å². The molecular weight excluding hydrogens is 474 g/mol. The van der Waals surface area contributed by atoms with Crippen molar-refractivity contribution in [1.29, 1.82) is 0 Å². The molecule has 32 heavy (non-hydrogen) atoms. The summed E-state index contributed by atoms with van der Waals surface area (Å²) < 4.78 is 30.6. The first-order chi connectivity index (χ1) is 15.3. The molecule has 11 heteroatoms. The average Bonchev–Trinajstić information content (AvgIpc) is 2.78. The first kappa shape index (κ1) is 24.3. The number of ether oxygens (including phenoxy) is 1. The van der Waals surface area contributed by atoms with Gasteiger partial charge in [-0.25, -0.2) is 13.4 Å². The molecule has 0 saturated carbocycles. The van der Waals surface area contributed by atoms with Gasteiger partial charge >= 0.3 is 0 Å². The number of methoxy groups -OCH3 is 1. The van der Waals surface area contributed by atoms with Crippen molar-refractivity contribution in [3.05, 3.63) is 51.4 Å². The largest absolute Gasteiger partial charge is 0.495 e. The molecule has 0 unspecified atom stereocenters. The molecule has 0 atom stereocenters. The Labute approximate surface area is 195 Å². The smallest absolute Gasteiger partial charge is 0.270 e. The van der Waals surface area contributed by atoms with Gasteiger partial charge in [-0.2, -0.15) is 0 Å². The Morgan fingerprint density at radius 3 is 2.81 bits per heavy atom. The number of sulfone groups is 1. The number of carbonyl (C=O) groups is 1. The molecule has 1 amide bonds. The minimum atomic E-state index is -4.13. The van der Waals surface area contributed by atoms with Crippen LogP contribution in [0.5, 0.6) is 5.75 Å². The van der Waals surface area contributed by atoms with Crippen LogP contribution < -0.4 is 15.6 Å². The van der Waals surface area contributed by atoms with Crippen LogP contribution in [0.15, 0.2) is 55.8 Å². The maximum Gasteiger partial charge on any atom is 0.270 e. The Morgan fingerprint density at radius 1 is 1.34 bits per heavy atom. The number of halogens is 1. The van der Waals surface area contributed by atoms with Gasteiger partial charge in [0, 0.05) is 6.54 Å². The van der Waals surface area contributed by atoms with Gasteiger partial charge in [-0.15, -0.1) is 0 Å². The monoisotopic (exact) mass is 497 g/mol. The summed E-state index contributed by atoms with van der Waals surface area (Å²) in [6.45, 7) is 0.566. The molecule has 3 rings (SSSR count). The summed E-state index contributed by atoms with van der Waals surface area (Å²) in [5.41, 5.74) is 0.559. The number of carbonyl (C=O) groups excluding carboxylic acids is 1. The lowest BCUT2D eigenvalue weighted by atomic mass is 9.97. The molecule has 0 spiro atoms. The van der Waals surface area contributed by atoms with Gasteiger partial charge in [0.15, 0.2) is 10.1 Å². The molecule has 0 fully saturated rings. The number of rotatable bonds is 9. The topological polar surface area (TPSA) is 118 Å². The minimum Gasteiger partial charge on any atom is -0.495 e. The predicted octanol–water partition coefficient (Wildman–Crippen LogP) is 3.36. The predicted molar refractivity (Wildman–Crippen MR) is 123 cm³/mol. The molecule has 0 radical (unpaired) electrons. The third-order valence-electron chi connectivity index (χ3n) is 4.96. The van der Waals surface area contributed by atoms with Gasteiger partial charge in [-0.1, -0.05) is 35.0 Å². The van der Waals surface area contributed by atoms with Gasteiger partial charge in [0.2, 0.25) is 15.7 Å². The van der Waals surface area contributed by atoms with Gasteiger partial charge in [-0.3, -0.25) is 9.59 Å². The van der Waals surface area contributed by atoms with Crippen LogP contribution >= 0.6 is 23.4 Å². The second-order valence-corrected chi connectivity index (χ2v) is 10.5. The second-order valence-electron chi connectivity index (χ2n) is 7.18. The summed E-state index contributed by atoms with van der Waals surface area (Å²) in [5.74, 6) is 0.194. The standard InChI is InChI=1S/C21H24ClN3O5S2/c1-30-17-8-7-15(11-16(17)22)32(28,29)18-12-24-21(25-20(18)27)31-13-19(26)23-10-9-14-5-3-2-4-6-14/h5,7-8,11-12H,2-4,6,9-10,13H2,1H3,(H,23,26)(H,24,25,27). The van der Waals surface area contributed by atoms with Crippen molar-refractivity contribution in [1.82, 2.24) is 15.3 Å². The number of amides is 1. The molecular formula is C21H24ClN3O5S2. The van der Waals surface area contributed by atoms with E-state index in [1.807, 2.05) is 0 Å². The molecule has 172 valence electrons. The van der Waals surface area contributed by atoms with Crippen LogP contribution in [0.2, 0.25) is 5.02 Å². The third-order valence-corrected chi connectivity index (χ3v) is 7.89. The van der Waals surface area contributed by atoms with Crippen molar-refractivity contribution in [3.63, 3.8) is 0 Å². The zero-order valence-electron chi connectivity index (χ0n) is 17.5. The number of thioether (sulfide) groups is 1. The molecule has 0 aliphatic heterocycles. The van der Waals surface area contributed by atoms with Crippen LogP contribution in [0.4, 0.5) is 0 Å². The molecule has 1 aliphatic carbocycles. The number of nitrogens with zero attached hydrogens (tertiary/aromatic N) is 1. The van der Waals surface area contributed by atoms with Crippen LogP contribution in [0.1, 0.15) is 32.1 Å². The van der Waals surface area contributed by atoms with Crippen LogP contribution in [-0.4, -0.2) is 43.7 Å². The maximum absolute atomic E-state index is 12.8. The lowest BCUT2D eigenvalue weighted by Gasteiger charge is -2.12. The van der Waals surface area contributed by atoms with E-state index in [1.54, 1.807) is 0 Å². The highest BCUT2D eigenvalue weighted by Crippen LogP contribution is 2.29. The Morgan fingerprint density at radius 2 is 2.16 bits per heavy atom. The number of allylic oxidation sites excluding steroid dienone is 1. The molecule has 2 aromatic rings. The van der Waals surface area contributed by atoms with E-state index in [4.69, 9.17) is 16.3 Å². The number of benzene rings is 1. The SMILES string of the molecule is COc1ccc(S(=O)(=O)c2cnc(SCC(=O)NCCC3=CCCCC3)[nH]c2=O)cc1Cl. The zero-order valence-corrected chi connectivity index (χ0v) is 19.9. The first-order valence-electron chi connectivity index (χ1n) is 10.1. The summed E-state index contributed by atoms with van der Waals surface area (Å²) >= 11 is 7.03. The summed E-state index contributed by atoms with van der Waals surface area (Å²) in [4.78, 5) is 30.2. The fourth-order valence-corrected chi connectivity index (χ4v) is 5.50. The number of H-pyrrole nitrogens is 1. The molecule has 1 aromatic carbocycles. The molecule has 8 nitrogen and oxygen atoms in total. The van der Waals surface area contributed by atoms with E-state index in [2.05, 4.69) is 21.4 Å². The average molecular weight is 498 g/mol. The van der Waals surface area contributed by atoms with E-state index >= 15 is 0 Å². The quantitative estimate of drug-likeness (QED) is 0.310. The number of hydrogen-bond acceptors (Lipinski definition) is 7. The highest BCUT2D eigenvalue weighted by atomic mass is 35.5. The van der Waals surface area contributed by atoms with Gasteiger partial charge in [-0.05, 0) is 50.3 Å². The minimum absolute atomic E-state index is 0.0577. The van der Waals surface area contributed by atoms with E-state index in [0.717, 1.165) is 37.2 Å². The van der Waals surface area contributed by atoms with E-state index in [1.165, 1.54) is 43.7 Å². The summed E-state index contributed by atoms with van der Waals surface area (Å²) in [6.07, 6.45) is 8.70. The van der Waals surface area contributed by atoms with Gasteiger partial charge < -0.3 is 15.0 Å². The van der Waals surface area contributed by atoms with Crippen molar-refractivity contribution in [2.24, 2.45) is 0 Å². The van der Waals surface area contributed by atoms with Crippen molar-refractivity contribution in [2.75, 3.05) is 19.4 Å². The lowest BCUT2D eigenvalue weighted by Crippen LogP contribution is -2.27. The summed E-state index contributed by atoms with van der Waals surface area (Å²) in [7, 11) is -2.72. The number of aromatic amines is 1. The Bertz CT molecular complexity index is 1180. The highest BCUT2D eigenvalue weighted by Gasteiger charge is 2.23. The number of aromatic nitrogens is 2. The maximum atomic E-state index is 12.8. The van der Waals surface area contributed by atoms with Crippen molar-refractivity contribution < 1.29 is 17.9 Å². The van der Waals surface area contributed by atoms with E-state index in [-0.39, 0.29) is 26.7 Å². The van der Waals surface area contributed by atoms with Crippen molar-refractivity contribution in [3.8, 4) is 5.75 Å². The van der Waals surface area contributed by atoms with Crippen LogP contribution in [0, 0.1) is 0 Å². The van der Waals surface area contributed by atoms with Gasteiger partial charge in [0.1, 0.15) is 5.75 Å². The first-order valence-corrected chi connectivity index (χ1v) is 12.9. The molecule has 2 N–H and O–H groups in total. The normalized spacial score (nSPS) is 14.0. The lowest BCUT2D eigenvalue weighted by molar-refractivity contribution is -0.118. The van der Waals surface area contributed by atoms with E-state index < -0.39 is 20.3 Å². The highest BCUT2D eigenvalue weighted by molar-refractivity contribution is 7.99. The Kier molecular flexibility index (Phi) is 8.38. The molecule has 1 heterocycles. The molecule has 0 bridgehead atoms. The van der Waals surface area contributed by atoms with Gasteiger partial charge in [0.05, 0.1) is 29.0 Å². The van der Waals surface area contributed by atoms with Crippen LogP contribution in [0.3, 0.4) is 0 Å². The van der Waals surface area contributed by atoms with Crippen LogP contribution in [-0.2, 0) is 14.6 Å². The fraction of sp³-hybridized carbons (Fsp3) is 0.381. The third kappa shape index (κ3) is 6.14. The number of hydrogen-bond donors (Lipinski definition) is 2. The van der Waals surface area contributed by atoms with Crippen molar-refractivity contribution >= 4 is 39.1 Å². The molecule has 1 aromatic heterocycles.